The summed E-state index contributed by atoms with van der Waals surface area (Å²) in [6.45, 7) is 5.64. The first-order chi connectivity index (χ1) is 7.34. The lowest BCUT2D eigenvalue weighted by Gasteiger charge is -2.34. The van der Waals surface area contributed by atoms with Crippen LogP contribution in [0.1, 0.15) is 27.2 Å². The molecule has 0 aliphatic carbocycles. The molecule has 1 saturated heterocycles. The molecule has 0 unspecified atom stereocenters. The summed E-state index contributed by atoms with van der Waals surface area (Å²) in [6.07, 6.45) is -0.820. The predicted molar refractivity (Wildman–Crippen MR) is 58.8 cm³/mol. The number of hydrogen-bond donors (Lipinski definition) is 3. The highest BCUT2D eigenvalue weighted by Gasteiger charge is 2.32. The molecule has 5 nitrogen and oxygen atoms in total. The maximum Gasteiger partial charge on any atom is 0.225 e. The lowest BCUT2D eigenvalue weighted by atomic mass is 9.94. The normalized spacial score (nSPS) is 31.2. The van der Waals surface area contributed by atoms with Crippen molar-refractivity contribution in [2.75, 3.05) is 13.2 Å². The van der Waals surface area contributed by atoms with E-state index in [-0.39, 0.29) is 18.6 Å². The van der Waals surface area contributed by atoms with Gasteiger partial charge in [0, 0.05) is 5.41 Å². The van der Waals surface area contributed by atoms with E-state index in [2.05, 4.69) is 5.32 Å². The van der Waals surface area contributed by atoms with Crippen LogP contribution in [0.2, 0.25) is 0 Å². The zero-order chi connectivity index (χ0) is 12.3. The molecule has 1 aliphatic heterocycles. The molecule has 0 saturated carbocycles. The van der Waals surface area contributed by atoms with Crippen LogP contribution in [0.25, 0.3) is 0 Å². The molecule has 1 heterocycles. The van der Waals surface area contributed by atoms with Gasteiger partial charge in [-0.3, -0.25) is 4.79 Å². The number of carbonyl (C=O) groups is 1. The third-order valence-electron chi connectivity index (χ3n) is 2.66. The average molecular weight is 231 g/mol. The van der Waals surface area contributed by atoms with Crippen LogP contribution in [0, 0.1) is 5.41 Å². The van der Waals surface area contributed by atoms with Crippen molar-refractivity contribution >= 4 is 5.91 Å². The van der Waals surface area contributed by atoms with Gasteiger partial charge in [0.05, 0.1) is 25.4 Å². The highest BCUT2D eigenvalue weighted by atomic mass is 16.5. The first-order valence-electron chi connectivity index (χ1n) is 5.56. The Balaban J connectivity index is 2.44. The van der Waals surface area contributed by atoms with E-state index in [4.69, 9.17) is 9.84 Å². The zero-order valence-electron chi connectivity index (χ0n) is 10.1. The molecular formula is C11H21NO4. The van der Waals surface area contributed by atoms with E-state index in [1.807, 2.05) is 20.8 Å². The Morgan fingerprint density at radius 1 is 1.50 bits per heavy atom. The van der Waals surface area contributed by atoms with Gasteiger partial charge in [-0.15, -0.1) is 0 Å². The van der Waals surface area contributed by atoms with Crippen LogP contribution >= 0.6 is 0 Å². The summed E-state index contributed by atoms with van der Waals surface area (Å²) in [5.41, 5.74) is -0.446. The molecule has 5 heteroatoms. The number of ether oxygens (including phenoxy) is 1. The van der Waals surface area contributed by atoms with Gasteiger partial charge in [-0.2, -0.15) is 0 Å². The maximum absolute atomic E-state index is 11.7. The summed E-state index contributed by atoms with van der Waals surface area (Å²) in [7, 11) is 0. The number of aliphatic hydroxyl groups is 2. The zero-order valence-corrected chi connectivity index (χ0v) is 10.1. The van der Waals surface area contributed by atoms with E-state index >= 15 is 0 Å². The smallest absolute Gasteiger partial charge is 0.225 e. The molecule has 0 aromatic heterocycles. The molecule has 0 radical (unpaired) electrons. The predicted octanol–water partition coefficient (Wildman–Crippen LogP) is -0.341. The molecule has 0 aromatic rings. The number of carbonyl (C=O) groups excluding carboxylic acids is 1. The highest BCUT2D eigenvalue weighted by molar-refractivity contribution is 5.81. The van der Waals surface area contributed by atoms with E-state index in [1.54, 1.807) is 0 Å². The van der Waals surface area contributed by atoms with E-state index in [0.29, 0.717) is 13.0 Å². The summed E-state index contributed by atoms with van der Waals surface area (Å²) in [6, 6.07) is -0.176. The number of aliphatic hydroxyl groups excluding tert-OH is 2. The van der Waals surface area contributed by atoms with Crippen LogP contribution in [0.4, 0.5) is 0 Å². The van der Waals surface area contributed by atoms with Crippen LogP contribution in [-0.4, -0.2) is 47.6 Å². The fourth-order valence-electron chi connectivity index (χ4n) is 1.54. The van der Waals surface area contributed by atoms with Gasteiger partial charge in [0.15, 0.2) is 0 Å². The third kappa shape index (κ3) is 3.43. The Labute approximate surface area is 95.8 Å². The summed E-state index contributed by atoms with van der Waals surface area (Å²) in [4.78, 5) is 11.7. The molecule has 94 valence electrons. The van der Waals surface area contributed by atoms with Crippen molar-refractivity contribution in [3.8, 4) is 0 Å². The van der Waals surface area contributed by atoms with Crippen molar-refractivity contribution in [1.82, 2.24) is 5.32 Å². The van der Waals surface area contributed by atoms with Crippen molar-refractivity contribution in [2.45, 2.75) is 45.4 Å². The van der Waals surface area contributed by atoms with Crippen LogP contribution in [-0.2, 0) is 9.53 Å². The molecule has 3 atom stereocenters. The minimum Gasteiger partial charge on any atom is -0.394 e. The summed E-state index contributed by atoms with van der Waals surface area (Å²) >= 11 is 0. The van der Waals surface area contributed by atoms with E-state index in [0.717, 1.165) is 0 Å². The van der Waals surface area contributed by atoms with Gasteiger partial charge in [-0.1, -0.05) is 20.8 Å². The minimum atomic E-state index is -0.719. The van der Waals surface area contributed by atoms with Crippen molar-refractivity contribution in [2.24, 2.45) is 5.41 Å². The summed E-state index contributed by atoms with van der Waals surface area (Å²) < 4.78 is 5.25. The van der Waals surface area contributed by atoms with Crippen molar-refractivity contribution < 1.29 is 19.7 Å². The first kappa shape index (κ1) is 13.4. The number of rotatable bonds is 2. The Morgan fingerprint density at radius 2 is 2.12 bits per heavy atom. The Hall–Kier alpha value is -0.650. The van der Waals surface area contributed by atoms with Gasteiger partial charge in [0.25, 0.3) is 0 Å². The summed E-state index contributed by atoms with van der Waals surface area (Å²) in [5, 5.41) is 21.3. The second kappa shape index (κ2) is 5.12. The number of hydrogen-bond acceptors (Lipinski definition) is 4. The third-order valence-corrected chi connectivity index (χ3v) is 2.66. The molecule has 1 rings (SSSR count). The number of amides is 1. The van der Waals surface area contributed by atoms with Crippen molar-refractivity contribution in [1.29, 1.82) is 0 Å². The molecular weight excluding hydrogens is 210 g/mol. The molecule has 16 heavy (non-hydrogen) atoms. The Morgan fingerprint density at radius 3 is 2.56 bits per heavy atom. The van der Waals surface area contributed by atoms with Crippen molar-refractivity contribution in [3.05, 3.63) is 0 Å². The first-order valence-corrected chi connectivity index (χ1v) is 5.56. The van der Waals surface area contributed by atoms with Crippen molar-refractivity contribution in [3.63, 3.8) is 0 Å². The SMILES string of the molecule is CC(C)(C)C(=O)N[C@H]1CO[C@H](CO)[C@H](O)C1. The average Bonchev–Trinajstić information content (AvgIpc) is 2.16. The molecule has 1 amide bonds. The quantitative estimate of drug-likeness (QED) is 0.607. The van der Waals surface area contributed by atoms with Gasteiger partial charge in [-0.25, -0.2) is 0 Å². The second-order valence-corrected chi connectivity index (χ2v) is 5.28. The molecule has 1 fully saturated rings. The van der Waals surface area contributed by atoms with E-state index < -0.39 is 17.6 Å². The monoisotopic (exact) mass is 231 g/mol. The highest BCUT2D eigenvalue weighted by Crippen LogP contribution is 2.17. The topological polar surface area (TPSA) is 78.8 Å². The van der Waals surface area contributed by atoms with Crippen LogP contribution in [0.3, 0.4) is 0 Å². The van der Waals surface area contributed by atoms with Crippen LogP contribution < -0.4 is 5.32 Å². The Bertz CT molecular complexity index is 249. The summed E-state index contributed by atoms with van der Waals surface area (Å²) in [5.74, 6) is -0.0595. The van der Waals surface area contributed by atoms with Gasteiger partial charge in [-0.05, 0) is 6.42 Å². The molecule has 0 spiro atoms. The second-order valence-electron chi connectivity index (χ2n) is 5.28. The molecule has 3 N–H and O–H groups in total. The lowest BCUT2D eigenvalue weighted by molar-refractivity contribution is -0.135. The fourth-order valence-corrected chi connectivity index (χ4v) is 1.54. The van der Waals surface area contributed by atoms with Gasteiger partial charge >= 0.3 is 0 Å². The van der Waals surface area contributed by atoms with Crippen LogP contribution in [0.15, 0.2) is 0 Å². The Kier molecular flexibility index (Phi) is 4.29. The van der Waals surface area contributed by atoms with Gasteiger partial charge in [0.2, 0.25) is 5.91 Å². The van der Waals surface area contributed by atoms with Crippen LogP contribution in [0.5, 0.6) is 0 Å². The fraction of sp³-hybridized carbons (Fsp3) is 0.909. The van der Waals surface area contributed by atoms with E-state index in [1.165, 1.54) is 0 Å². The minimum absolute atomic E-state index is 0.0595. The molecule has 0 aromatic carbocycles. The van der Waals surface area contributed by atoms with Gasteiger partial charge in [0.1, 0.15) is 6.10 Å². The molecule has 0 bridgehead atoms. The van der Waals surface area contributed by atoms with Gasteiger partial charge < -0.3 is 20.3 Å². The molecule has 1 aliphatic rings. The van der Waals surface area contributed by atoms with E-state index in [9.17, 15) is 9.90 Å². The maximum atomic E-state index is 11.7. The number of nitrogens with one attached hydrogen (secondary N) is 1. The largest absolute Gasteiger partial charge is 0.394 e. The lowest BCUT2D eigenvalue weighted by Crippen LogP contribution is -2.52. The standard InChI is InChI=1S/C11H21NO4/c1-11(2,3)10(15)12-7-4-8(14)9(5-13)16-6-7/h7-9,13-14H,4-6H2,1-3H3,(H,12,15)/t7-,8-,9-/m1/s1.